The number of esters is 1. The number of nitro groups is 1. The topological polar surface area (TPSA) is 100 Å². The standard InChI is InChI=1S/C26H21IN2O6/c1-16-8-9-19(15-22(16)29(31)32)25-28-21(26(30)35-25)13-18-12-20(27)24(23(14-18)33-2)34-11-10-17-6-4-3-5-7-17/h3-9,12-15H,10-11H2,1-2H3/b21-13-. The SMILES string of the molecule is COc1cc(/C=C2\N=C(c3ccc(C)c([N+](=O)[O-])c3)OC2=O)cc(I)c1OCCc1ccccc1. The number of carbonyl (C=O) groups excluding carboxylic acids is 1. The van der Waals surface area contributed by atoms with E-state index in [0.29, 0.717) is 34.8 Å². The lowest BCUT2D eigenvalue weighted by Crippen LogP contribution is -2.06. The van der Waals surface area contributed by atoms with Crippen LogP contribution < -0.4 is 9.47 Å². The van der Waals surface area contributed by atoms with Gasteiger partial charge in [-0.3, -0.25) is 10.1 Å². The van der Waals surface area contributed by atoms with Gasteiger partial charge in [0.2, 0.25) is 5.90 Å². The Kier molecular flexibility index (Phi) is 7.45. The fourth-order valence-corrected chi connectivity index (χ4v) is 4.29. The van der Waals surface area contributed by atoms with Crippen LogP contribution in [-0.2, 0) is 16.0 Å². The van der Waals surface area contributed by atoms with Crippen molar-refractivity contribution in [2.24, 2.45) is 4.99 Å². The molecule has 3 aromatic carbocycles. The van der Waals surface area contributed by atoms with E-state index in [9.17, 15) is 14.9 Å². The highest BCUT2D eigenvalue weighted by Gasteiger charge is 2.26. The number of carbonyl (C=O) groups is 1. The van der Waals surface area contributed by atoms with E-state index in [1.807, 2.05) is 36.4 Å². The molecule has 1 aliphatic heterocycles. The molecule has 35 heavy (non-hydrogen) atoms. The number of aryl methyl sites for hydroxylation is 1. The average Bonchev–Trinajstić information content (AvgIpc) is 3.20. The first kappa shape index (κ1) is 24.4. The second kappa shape index (κ2) is 10.7. The van der Waals surface area contributed by atoms with Crippen molar-refractivity contribution in [2.45, 2.75) is 13.3 Å². The van der Waals surface area contributed by atoms with Gasteiger partial charge in [0.05, 0.1) is 22.2 Å². The minimum atomic E-state index is -0.639. The van der Waals surface area contributed by atoms with Crippen molar-refractivity contribution in [2.75, 3.05) is 13.7 Å². The van der Waals surface area contributed by atoms with Crippen molar-refractivity contribution in [1.29, 1.82) is 0 Å². The molecular formula is C26H21IN2O6. The van der Waals surface area contributed by atoms with Crippen molar-refractivity contribution in [3.63, 3.8) is 0 Å². The smallest absolute Gasteiger partial charge is 0.363 e. The van der Waals surface area contributed by atoms with E-state index < -0.39 is 10.9 Å². The summed E-state index contributed by atoms with van der Waals surface area (Å²) in [5.74, 6) is 0.533. The minimum Gasteiger partial charge on any atom is -0.493 e. The summed E-state index contributed by atoms with van der Waals surface area (Å²) in [5, 5.41) is 11.2. The van der Waals surface area contributed by atoms with Gasteiger partial charge >= 0.3 is 5.97 Å². The Labute approximate surface area is 215 Å². The number of nitrogens with zero attached hydrogens (tertiary/aromatic N) is 2. The molecule has 0 bridgehead atoms. The second-order valence-electron chi connectivity index (χ2n) is 7.71. The fraction of sp³-hybridized carbons (Fsp3) is 0.154. The van der Waals surface area contributed by atoms with Crippen LogP contribution in [0.2, 0.25) is 0 Å². The van der Waals surface area contributed by atoms with Gasteiger partial charge in [-0.2, -0.15) is 0 Å². The lowest BCUT2D eigenvalue weighted by atomic mass is 10.1. The number of hydrogen-bond acceptors (Lipinski definition) is 7. The normalized spacial score (nSPS) is 14.0. The highest BCUT2D eigenvalue weighted by atomic mass is 127. The highest BCUT2D eigenvalue weighted by molar-refractivity contribution is 14.1. The minimum absolute atomic E-state index is 0.0203. The molecule has 0 spiro atoms. The number of nitro benzene ring substituents is 1. The third kappa shape index (κ3) is 5.68. The van der Waals surface area contributed by atoms with Gasteiger partial charge in [0.15, 0.2) is 17.2 Å². The van der Waals surface area contributed by atoms with Gasteiger partial charge in [-0.15, -0.1) is 0 Å². The first-order chi connectivity index (χ1) is 16.9. The van der Waals surface area contributed by atoms with Crippen LogP contribution in [0.25, 0.3) is 6.08 Å². The summed E-state index contributed by atoms with van der Waals surface area (Å²) in [6.45, 7) is 2.12. The predicted molar refractivity (Wildman–Crippen MR) is 140 cm³/mol. The summed E-state index contributed by atoms with van der Waals surface area (Å²) in [6, 6.07) is 18.2. The molecule has 0 aliphatic carbocycles. The lowest BCUT2D eigenvalue weighted by molar-refractivity contribution is -0.385. The zero-order valence-electron chi connectivity index (χ0n) is 19.0. The maximum atomic E-state index is 12.4. The molecule has 3 aromatic rings. The number of aliphatic imine (C=N–C) groups is 1. The molecule has 178 valence electrons. The molecule has 0 aromatic heterocycles. The van der Waals surface area contributed by atoms with E-state index in [4.69, 9.17) is 14.2 Å². The van der Waals surface area contributed by atoms with E-state index in [2.05, 4.69) is 27.6 Å². The first-order valence-corrected chi connectivity index (χ1v) is 11.8. The Bertz CT molecular complexity index is 1350. The van der Waals surface area contributed by atoms with Crippen molar-refractivity contribution < 1.29 is 23.9 Å². The molecule has 0 N–H and O–H groups in total. The summed E-state index contributed by atoms with van der Waals surface area (Å²) < 4.78 is 17.6. The third-order valence-electron chi connectivity index (χ3n) is 5.31. The summed E-state index contributed by atoms with van der Waals surface area (Å²) in [4.78, 5) is 27.5. The largest absolute Gasteiger partial charge is 0.493 e. The Hall–Kier alpha value is -3.73. The summed E-state index contributed by atoms with van der Waals surface area (Å²) >= 11 is 2.16. The third-order valence-corrected chi connectivity index (χ3v) is 6.11. The summed E-state index contributed by atoms with van der Waals surface area (Å²) in [6.07, 6.45) is 2.34. The molecular weight excluding hydrogens is 563 g/mol. The van der Waals surface area contributed by atoms with Crippen LogP contribution in [0.3, 0.4) is 0 Å². The summed E-state index contributed by atoms with van der Waals surface area (Å²) in [5.41, 5.74) is 2.73. The lowest BCUT2D eigenvalue weighted by Gasteiger charge is -2.13. The summed E-state index contributed by atoms with van der Waals surface area (Å²) in [7, 11) is 1.55. The second-order valence-corrected chi connectivity index (χ2v) is 8.87. The Morgan fingerprint density at radius 2 is 1.91 bits per heavy atom. The van der Waals surface area contributed by atoms with Crippen LogP contribution in [-0.4, -0.2) is 30.5 Å². The molecule has 1 aliphatic rings. The van der Waals surface area contributed by atoms with E-state index in [0.717, 1.165) is 9.99 Å². The quantitative estimate of drug-likeness (QED) is 0.114. The number of methoxy groups -OCH3 is 1. The Morgan fingerprint density at radius 1 is 1.14 bits per heavy atom. The van der Waals surface area contributed by atoms with Gasteiger partial charge in [0, 0.05) is 23.6 Å². The van der Waals surface area contributed by atoms with Gasteiger partial charge in [0.25, 0.3) is 5.69 Å². The molecule has 1 heterocycles. The van der Waals surface area contributed by atoms with Crippen LogP contribution in [0.15, 0.2) is 71.4 Å². The van der Waals surface area contributed by atoms with Crippen LogP contribution in [0, 0.1) is 20.6 Å². The van der Waals surface area contributed by atoms with Crippen LogP contribution in [0.1, 0.15) is 22.3 Å². The molecule has 0 saturated carbocycles. The van der Waals surface area contributed by atoms with Gasteiger partial charge in [-0.05, 0) is 64.9 Å². The van der Waals surface area contributed by atoms with Gasteiger partial charge < -0.3 is 14.2 Å². The van der Waals surface area contributed by atoms with E-state index in [1.165, 1.54) is 11.6 Å². The van der Waals surface area contributed by atoms with Crippen molar-refractivity contribution in [3.8, 4) is 11.5 Å². The molecule has 0 atom stereocenters. The predicted octanol–water partition coefficient (Wildman–Crippen LogP) is 5.48. The number of rotatable bonds is 8. The van der Waals surface area contributed by atoms with Gasteiger partial charge in [0.1, 0.15) is 0 Å². The zero-order chi connectivity index (χ0) is 24.9. The maximum absolute atomic E-state index is 12.4. The molecule has 0 amide bonds. The highest BCUT2D eigenvalue weighted by Crippen LogP contribution is 2.35. The Morgan fingerprint density at radius 3 is 2.63 bits per heavy atom. The maximum Gasteiger partial charge on any atom is 0.363 e. The van der Waals surface area contributed by atoms with Crippen molar-refractivity contribution >= 4 is 46.2 Å². The number of hydrogen-bond donors (Lipinski definition) is 0. The van der Waals surface area contributed by atoms with Crippen LogP contribution in [0.4, 0.5) is 5.69 Å². The fourth-order valence-electron chi connectivity index (χ4n) is 3.51. The van der Waals surface area contributed by atoms with Crippen molar-refractivity contribution in [3.05, 3.63) is 102 Å². The van der Waals surface area contributed by atoms with Gasteiger partial charge in [-0.1, -0.05) is 36.4 Å². The molecule has 8 nitrogen and oxygen atoms in total. The Balaban J connectivity index is 1.56. The van der Waals surface area contributed by atoms with Crippen LogP contribution in [0.5, 0.6) is 11.5 Å². The molecule has 0 unspecified atom stereocenters. The average molecular weight is 584 g/mol. The monoisotopic (exact) mass is 584 g/mol. The number of halogens is 1. The molecule has 0 radical (unpaired) electrons. The molecule has 0 saturated heterocycles. The number of benzene rings is 3. The zero-order valence-corrected chi connectivity index (χ0v) is 21.1. The van der Waals surface area contributed by atoms with Gasteiger partial charge in [-0.25, -0.2) is 9.79 Å². The first-order valence-electron chi connectivity index (χ1n) is 10.7. The van der Waals surface area contributed by atoms with Crippen molar-refractivity contribution in [1.82, 2.24) is 0 Å². The van der Waals surface area contributed by atoms with E-state index in [1.54, 1.807) is 38.3 Å². The van der Waals surface area contributed by atoms with Crippen LogP contribution >= 0.6 is 22.6 Å². The van der Waals surface area contributed by atoms with E-state index >= 15 is 0 Å². The number of ether oxygens (including phenoxy) is 3. The molecule has 4 rings (SSSR count). The number of cyclic esters (lactones) is 1. The molecule has 0 fully saturated rings. The molecule has 9 heteroatoms. The van der Waals surface area contributed by atoms with E-state index in [-0.39, 0.29) is 17.3 Å².